The highest BCUT2D eigenvalue weighted by Crippen LogP contribution is 2.29. The molecule has 0 fully saturated rings. The largest absolute Gasteiger partial charge is 0.396 e. The Bertz CT molecular complexity index is 586. The fourth-order valence-corrected chi connectivity index (χ4v) is 1.89. The quantitative estimate of drug-likeness (QED) is 0.833. The van der Waals surface area contributed by atoms with Gasteiger partial charge in [0.1, 0.15) is 0 Å². The summed E-state index contributed by atoms with van der Waals surface area (Å²) in [6.45, 7) is 0. The average molecular weight is 285 g/mol. The van der Waals surface area contributed by atoms with Crippen LogP contribution in [0.25, 0.3) is 0 Å². The highest BCUT2D eigenvalue weighted by atomic mass is 35.5. The minimum Gasteiger partial charge on any atom is -0.396 e. The van der Waals surface area contributed by atoms with E-state index in [4.69, 9.17) is 28.9 Å². The van der Waals surface area contributed by atoms with Crippen LogP contribution in [0.5, 0.6) is 0 Å². The van der Waals surface area contributed by atoms with Gasteiger partial charge in [0.15, 0.2) is 0 Å². The molecule has 0 bridgehead atoms. The Morgan fingerprint density at radius 3 is 2.50 bits per heavy atom. The van der Waals surface area contributed by atoms with Gasteiger partial charge in [0, 0.05) is 18.8 Å². The molecule has 2 aromatic rings. The van der Waals surface area contributed by atoms with Crippen LogP contribution < -0.4 is 11.1 Å². The van der Waals surface area contributed by atoms with Gasteiger partial charge in [-0.05, 0) is 12.1 Å². The Kier molecular flexibility index (Phi) is 3.45. The number of nitrogens with zero attached hydrogens (tertiary/aromatic N) is 2. The zero-order chi connectivity index (χ0) is 13.3. The molecular formula is C11H10Cl2N4O. The first-order valence-electron chi connectivity index (χ1n) is 5.02. The highest BCUT2D eigenvalue weighted by Gasteiger charge is 2.12. The van der Waals surface area contributed by atoms with Crippen molar-refractivity contribution in [3.8, 4) is 0 Å². The molecule has 0 aliphatic rings. The number of amides is 1. The van der Waals surface area contributed by atoms with Crippen LogP contribution in [0.1, 0.15) is 10.4 Å². The maximum absolute atomic E-state index is 11.9. The normalized spacial score (nSPS) is 10.4. The molecule has 7 heteroatoms. The van der Waals surface area contributed by atoms with Gasteiger partial charge in [-0.25, -0.2) is 0 Å². The van der Waals surface area contributed by atoms with Crippen LogP contribution in [0.15, 0.2) is 24.5 Å². The van der Waals surface area contributed by atoms with Crippen LogP contribution in [0.2, 0.25) is 10.0 Å². The molecule has 1 heterocycles. The number of benzene rings is 1. The van der Waals surface area contributed by atoms with Crippen molar-refractivity contribution in [3.63, 3.8) is 0 Å². The first-order chi connectivity index (χ1) is 8.47. The second-order valence-corrected chi connectivity index (χ2v) is 4.52. The van der Waals surface area contributed by atoms with Crippen molar-refractivity contribution in [3.05, 3.63) is 40.1 Å². The number of hydrogen-bond acceptors (Lipinski definition) is 3. The van der Waals surface area contributed by atoms with E-state index in [1.165, 1.54) is 12.1 Å². The van der Waals surface area contributed by atoms with Gasteiger partial charge in [-0.1, -0.05) is 23.2 Å². The van der Waals surface area contributed by atoms with Crippen molar-refractivity contribution in [1.82, 2.24) is 9.78 Å². The van der Waals surface area contributed by atoms with E-state index in [2.05, 4.69) is 10.4 Å². The van der Waals surface area contributed by atoms with Crippen LogP contribution in [0.4, 0.5) is 11.4 Å². The Labute approximate surface area is 113 Å². The standard InChI is InChI=1S/C11H10Cl2N4O/c1-17-5-7(4-15-17)16-11(18)6-2-8(12)10(14)9(13)3-6/h2-5H,14H2,1H3,(H,16,18). The molecule has 0 aliphatic carbocycles. The number of nitrogen functional groups attached to an aromatic ring is 1. The SMILES string of the molecule is Cn1cc(NC(=O)c2cc(Cl)c(N)c(Cl)c2)cn1. The number of rotatable bonds is 2. The van der Waals surface area contributed by atoms with Crippen molar-refractivity contribution >= 4 is 40.5 Å². The topological polar surface area (TPSA) is 72.9 Å². The molecule has 0 atom stereocenters. The lowest BCUT2D eigenvalue weighted by molar-refractivity contribution is 0.102. The summed E-state index contributed by atoms with van der Waals surface area (Å²) in [5.74, 6) is -0.327. The maximum atomic E-state index is 11.9. The van der Waals surface area contributed by atoms with Gasteiger partial charge in [-0.2, -0.15) is 5.10 Å². The van der Waals surface area contributed by atoms with Crippen LogP contribution in [-0.4, -0.2) is 15.7 Å². The summed E-state index contributed by atoms with van der Waals surface area (Å²) in [4.78, 5) is 11.9. The Morgan fingerprint density at radius 2 is 2.00 bits per heavy atom. The maximum Gasteiger partial charge on any atom is 0.255 e. The van der Waals surface area contributed by atoms with E-state index >= 15 is 0 Å². The monoisotopic (exact) mass is 284 g/mol. The molecule has 0 saturated heterocycles. The molecule has 0 unspecified atom stereocenters. The third-order valence-electron chi connectivity index (χ3n) is 2.30. The number of halogens is 2. The number of nitrogens with two attached hydrogens (primary N) is 1. The summed E-state index contributed by atoms with van der Waals surface area (Å²) in [5.41, 5.74) is 6.78. The smallest absolute Gasteiger partial charge is 0.255 e. The molecule has 1 aromatic heterocycles. The third-order valence-corrected chi connectivity index (χ3v) is 2.93. The summed E-state index contributed by atoms with van der Waals surface area (Å²) in [5, 5.41) is 7.11. The van der Waals surface area contributed by atoms with Crippen LogP contribution >= 0.6 is 23.2 Å². The lowest BCUT2D eigenvalue weighted by atomic mass is 10.2. The Morgan fingerprint density at radius 1 is 1.39 bits per heavy atom. The van der Waals surface area contributed by atoms with Gasteiger partial charge in [-0.15, -0.1) is 0 Å². The van der Waals surface area contributed by atoms with E-state index in [1.54, 1.807) is 24.1 Å². The Hall–Kier alpha value is -1.72. The predicted octanol–water partition coefficient (Wildman–Crippen LogP) is 2.56. The van der Waals surface area contributed by atoms with E-state index in [0.717, 1.165) is 0 Å². The van der Waals surface area contributed by atoms with E-state index in [0.29, 0.717) is 11.3 Å². The third kappa shape index (κ3) is 2.57. The van der Waals surface area contributed by atoms with E-state index < -0.39 is 0 Å². The zero-order valence-corrected chi connectivity index (χ0v) is 11.0. The van der Waals surface area contributed by atoms with Crippen molar-refractivity contribution in [2.45, 2.75) is 0 Å². The fraction of sp³-hybridized carbons (Fsp3) is 0.0909. The molecule has 1 aromatic carbocycles. The predicted molar refractivity (Wildman–Crippen MR) is 72.0 cm³/mol. The molecule has 1 amide bonds. The summed E-state index contributed by atoms with van der Waals surface area (Å²) in [6, 6.07) is 2.93. The van der Waals surface area contributed by atoms with Crippen molar-refractivity contribution in [2.24, 2.45) is 7.05 Å². The molecular weight excluding hydrogens is 275 g/mol. The van der Waals surface area contributed by atoms with Gasteiger partial charge < -0.3 is 11.1 Å². The minimum absolute atomic E-state index is 0.249. The zero-order valence-electron chi connectivity index (χ0n) is 9.45. The van der Waals surface area contributed by atoms with Crippen molar-refractivity contribution in [2.75, 3.05) is 11.1 Å². The van der Waals surface area contributed by atoms with Crippen molar-refractivity contribution < 1.29 is 4.79 Å². The molecule has 2 rings (SSSR count). The average Bonchev–Trinajstić information content (AvgIpc) is 2.71. The molecule has 0 saturated carbocycles. The van der Waals surface area contributed by atoms with Gasteiger partial charge in [-0.3, -0.25) is 9.48 Å². The first kappa shape index (κ1) is 12.7. The number of aryl methyl sites for hydroxylation is 1. The minimum atomic E-state index is -0.327. The lowest BCUT2D eigenvalue weighted by Gasteiger charge is -2.06. The number of anilines is 2. The summed E-state index contributed by atoms with van der Waals surface area (Å²) < 4.78 is 1.58. The summed E-state index contributed by atoms with van der Waals surface area (Å²) in [6.07, 6.45) is 3.22. The number of carbonyl (C=O) groups is 1. The molecule has 5 nitrogen and oxygen atoms in total. The van der Waals surface area contributed by atoms with E-state index in [1.807, 2.05) is 0 Å². The van der Waals surface area contributed by atoms with Crippen LogP contribution in [0.3, 0.4) is 0 Å². The fourth-order valence-electron chi connectivity index (χ4n) is 1.40. The van der Waals surface area contributed by atoms with Gasteiger partial charge >= 0.3 is 0 Å². The number of aromatic nitrogens is 2. The van der Waals surface area contributed by atoms with Crippen LogP contribution in [0, 0.1) is 0 Å². The van der Waals surface area contributed by atoms with E-state index in [9.17, 15) is 4.79 Å². The molecule has 94 valence electrons. The lowest BCUT2D eigenvalue weighted by Crippen LogP contribution is -2.11. The number of carbonyl (C=O) groups excluding carboxylic acids is 1. The molecule has 0 radical (unpaired) electrons. The summed E-state index contributed by atoms with van der Waals surface area (Å²) >= 11 is 11.7. The first-order valence-corrected chi connectivity index (χ1v) is 5.77. The van der Waals surface area contributed by atoms with E-state index in [-0.39, 0.29) is 21.6 Å². The molecule has 3 N–H and O–H groups in total. The van der Waals surface area contributed by atoms with Gasteiger partial charge in [0.05, 0.1) is 27.6 Å². The molecule has 18 heavy (non-hydrogen) atoms. The van der Waals surface area contributed by atoms with Gasteiger partial charge in [0.25, 0.3) is 5.91 Å². The summed E-state index contributed by atoms with van der Waals surface area (Å²) in [7, 11) is 1.76. The Balaban J connectivity index is 2.24. The highest BCUT2D eigenvalue weighted by molar-refractivity contribution is 6.39. The van der Waals surface area contributed by atoms with Crippen molar-refractivity contribution in [1.29, 1.82) is 0 Å². The molecule has 0 spiro atoms. The second kappa shape index (κ2) is 4.88. The van der Waals surface area contributed by atoms with Gasteiger partial charge in [0.2, 0.25) is 0 Å². The number of nitrogens with one attached hydrogen (secondary N) is 1. The second-order valence-electron chi connectivity index (χ2n) is 3.71. The molecule has 0 aliphatic heterocycles. The van der Waals surface area contributed by atoms with Crippen LogP contribution in [-0.2, 0) is 7.05 Å². The number of hydrogen-bond donors (Lipinski definition) is 2.